The van der Waals surface area contributed by atoms with E-state index in [1.165, 1.54) is 54.5 Å². The molecule has 0 spiro atoms. The Morgan fingerprint density at radius 3 is 2.00 bits per heavy atom. The van der Waals surface area contributed by atoms with Crippen molar-refractivity contribution < 1.29 is 26.4 Å². The first-order valence-electron chi connectivity index (χ1n) is 11.2. The zero-order valence-electron chi connectivity index (χ0n) is 20.1. The average Bonchev–Trinajstić information content (AvgIpc) is 3.26. The van der Waals surface area contributed by atoms with Gasteiger partial charge in [-0.1, -0.05) is 6.07 Å². The molecule has 2 N–H and O–H groups in total. The SMILES string of the molecule is COc1ccc(S(=O)(=O)Nc2ccc(S(=O)(=O)Nc3ccc(C)c(C)c3)cc2)cc1N1CCCC1=O. The highest BCUT2D eigenvalue weighted by Crippen LogP contribution is 2.34. The molecule has 1 aliphatic rings. The molecule has 0 bridgehead atoms. The monoisotopic (exact) mass is 529 g/mol. The number of nitrogens with zero attached hydrogens (tertiary/aromatic N) is 1. The molecule has 0 saturated carbocycles. The maximum absolute atomic E-state index is 13.0. The standard InChI is InChI=1S/C25H27N3O6S2/c1-17-6-7-20(15-18(17)2)27-35(30,31)21-10-8-19(9-11-21)26-36(32,33)22-12-13-24(34-3)23(16-22)28-14-4-5-25(28)29/h6-13,15-16,26-27H,4-5,14H2,1-3H3. The molecule has 9 nitrogen and oxygen atoms in total. The average molecular weight is 530 g/mol. The van der Waals surface area contributed by atoms with Crippen molar-refractivity contribution in [3.63, 3.8) is 0 Å². The summed E-state index contributed by atoms with van der Waals surface area (Å²) < 4.78 is 61.9. The van der Waals surface area contributed by atoms with Crippen molar-refractivity contribution in [3.05, 3.63) is 71.8 Å². The number of anilines is 3. The third kappa shape index (κ3) is 5.31. The zero-order valence-corrected chi connectivity index (χ0v) is 21.7. The summed E-state index contributed by atoms with van der Waals surface area (Å²) in [4.78, 5) is 13.7. The molecule has 0 radical (unpaired) electrons. The number of benzene rings is 3. The number of hydrogen-bond acceptors (Lipinski definition) is 6. The summed E-state index contributed by atoms with van der Waals surface area (Å²) in [6.45, 7) is 4.31. The van der Waals surface area contributed by atoms with Gasteiger partial charge in [0.25, 0.3) is 20.0 Å². The number of ether oxygens (including phenoxy) is 1. The fourth-order valence-electron chi connectivity index (χ4n) is 3.89. The molecule has 1 heterocycles. The van der Waals surface area contributed by atoms with Crippen molar-refractivity contribution in [1.29, 1.82) is 0 Å². The van der Waals surface area contributed by atoms with Crippen LogP contribution < -0.4 is 19.1 Å². The van der Waals surface area contributed by atoms with Gasteiger partial charge in [0.2, 0.25) is 5.91 Å². The van der Waals surface area contributed by atoms with E-state index in [2.05, 4.69) is 9.44 Å². The molecule has 3 aromatic carbocycles. The van der Waals surface area contributed by atoms with Crippen molar-refractivity contribution in [1.82, 2.24) is 0 Å². The van der Waals surface area contributed by atoms with Gasteiger partial charge in [-0.3, -0.25) is 14.2 Å². The van der Waals surface area contributed by atoms with E-state index in [4.69, 9.17) is 4.74 Å². The maximum Gasteiger partial charge on any atom is 0.261 e. The number of rotatable bonds is 8. The number of methoxy groups -OCH3 is 1. The van der Waals surface area contributed by atoms with Gasteiger partial charge < -0.3 is 9.64 Å². The minimum atomic E-state index is -4.02. The smallest absolute Gasteiger partial charge is 0.261 e. The van der Waals surface area contributed by atoms with E-state index < -0.39 is 20.0 Å². The largest absolute Gasteiger partial charge is 0.495 e. The molecule has 1 aliphatic heterocycles. The second-order valence-electron chi connectivity index (χ2n) is 8.52. The molecule has 0 atom stereocenters. The van der Waals surface area contributed by atoms with E-state index in [-0.39, 0.29) is 21.4 Å². The van der Waals surface area contributed by atoms with E-state index >= 15 is 0 Å². The van der Waals surface area contributed by atoms with Gasteiger partial charge in [-0.05, 0) is 86.0 Å². The molecule has 0 aromatic heterocycles. The van der Waals surface area contributed by atoms with Gasteiger partial charge >= 0.3 is 0 Å². The van der Waals surface area contributed by atoms with Crippen LogP contribution in [0, 0.1) is 13.8 Å². The van der Waals surface area contributed by atoms with Gasteiger partial charge in [-0.25, -0.2) is 16.8 Å². The van der Waals surface area contributed by atoms with E-state index in [0.717, 1.165) is 11.1 Å². The first-order valence-corrected chi connectivity index (χ1v) is 14.2. The van der Waals surface area contributed by atoms with E-state index in [0.29, 0.717) is 36.5 Å². The molecule has 0 aliphatic carbocycles. The van der Waals surface area contributed by atoms with Crippen LogP contribution in [0.2, 0.25) is 0 Å². The van der Waals surface area contributed by atoms with Crippen LogP contribution in [-0.2, 0) is 24.8 Å². The zero-order chi connectivity index (χ0) is 26.1. The van der Waals surface area contributed by atoms with Crippen molar-refractivity contribution in [2.75, 3.05) is 28.0 Å². The van der Waals surface area contributed by atoms with Crippen LogP contribution in [0.15, 0.2) is 70.5 Å². The first kappa shape index (κ1) is 25.5. The quantitative estimate of drug-likeness (QED) is 0.454. The Kier molecular flexibility index (Phi) is 6.96. The van der Waals surface area contributed by atoms with Gasteiger partial charge in [-0.2, -0.15) is 0 Å². The van der Waals surface area contributed by atoms with Crippen molar-refractivity contribution in [2.24, 2.45) is 0 Å². The molecule has 4 rings (SSSR count). The lowest BCUT2D eigenvalue weighted by Crippen LogP contribution is -2.25. The van der Waals surface area contributed by atoms with Gasteiger partial charge in [0.15, 0.2) is 0 Å². The van der Waals surface area contributed by atoms with Gasteiger partial charge in [0.05, 0.1) is 22.6 Å². The third-order valence-electron chi connectivity index (χ3n) is 6.00. The van der Waals surface area contributed by atoms with E-state index in [9.17, 15) is 21.6 Å². The second kappa shape index (κ2) is 9.82. The van der Waals surface area contributed by atoms with Crippen molar-refractivity contribution >= 4 is 43.0 Å². The number of carbonyl (C=O) groups is 1. The normalized spacial score (nSPS) is 14.1. The minimum Gasteiger partial charge on any atom is -0.495 e. The molecule has 190 valence electrons. The number of carbonyl (C=O) groups excluding carboxylic acids is 1. The molecule has 1 fully saturated rings. The Bertz CT molecular complexity index is 1520. The number of sulfonamides is 2. The fraction of sp³-hybridized carbons (Fsp3) is 0.240. The topological polar surface area (TPSA) is 122 Å². The second-order valence-corrected chi connectivity index (χ2v) is 11.9. The van der Waals surface area contributed by atoms with E-state index in [1.54, 1.807) is 12.1 Å². The number of hydrogen-bond donors (Lipinski definition) is 2. The summed E-state index contributed by atoms with van der Waals surface area (Å²) in [7, 11) is -6.43. The number of nitrogens with one attached hydrogen (secondary N) is 2. The van der Waals surface area contributed by atoms with Crippen LogP contribution in [0.4, 0.5) is 17.1 Å². The summed E-state index contributed by atoms with van der Waals surface area (Å²) in [5, 5.41) is 0. The summed E-state index contributed by atoms with van der Waals surface area (Å²) in [6, 6.07) is 14.9. The Morgan fingerprint density at radius 1 is 0.778 bits per heavy atom. The molecular formula is C25H27N3O6S2. The number of amides is 1. The minimum absolute atomic E-state index is 0.0112. The lowest BCUT2D eigenvalue weighted by atomic mass is 10.1. The van der Waals surface area contributed by atoms with Gasteiger partial charge in [-0.15, -0.1) is 0 Å². The van der Waals surface area contributed by atoms with Crippen LogP contribution in [0.3, 0.4) is 0 Å². The van der Waals surface area contributed by atoms with Crippen LogP contribution in [0.1, 0.15) is 24.0 Å². The lowest BCUT2D eigenvalue weighted by Gasteiger charge is -2.20. The van der Waals surface area contributed by atoms with E-state index in [1.807, 2.05) is 19.9 Å². The Balaban J connectivity index is 1.54. The van der Waals surface area contributed by atoms with Gasteiger partial charge in [0, 0.05) is 24.3 Å². The third-order valence-corrected chi connectivity index (χ3v) is 8.78. The van der Waals surface area contributed by atoms with Crippen LogP contribution >= 0.6 is 0 Å². The highest BCUT2D eigenvalue weighted by atomic mass is 32.2. The summed E-state index contributed by atoms with van der Waals surface area (Å²) >= 11 is 0. The highest BCUT2D eigenvalue weighted by Gasteiger charge is 2.27. The summed E-state index contributed by atoms with van der Waals surface area (Å²) in [5.74, 6) is 0.303. The molecule has 1 amide bonds. The molecule has 11 heteroatoms. The van der Waals surface area contributed by atoms with Gasteiger partial charge in [0.1, 0.15) is 5.75 Å². The maximum atomic E-state index is 13.0. The summed E-state index contributed by atoms with van der Waals surface area (Å²) in [5.41, 5.74) is 3.02. The predicted octanol–water partition coefficient (Wildman–Crippen LogP) is 4.04. The first-order chi connectivity index (χ1) is 17.0. The Hall–Kier alpha value is -3.57. The van der Waals surface area contributed by atoms with Crippen molar-refractivity contribution in [2.45, 2.75) is 36.5 Å². The highest BCUT2D eigenvalue weighted by molar-refractivity contribution is 7.93. The summed E-state index contributed by atoms with van der Waals surface area (Å²) in [6.07, 6.45) is 1.08. The Morgan fingerprint density at radius 2 is 1.39 bits per heavy atom. The molecule has 0 unspecified atom stereocenters. The van der Waals surface area contributed by atoms with Crippen LogP contribution in [0.25, 0.3) is 0 Å². The van der Waals surface area contributed by atoms with Crippen LogP contribution in [-0.4, -0.2) is 36.4 Å². The van der Waals surface area contributed by atoms with Crippen molar-refractivity contribution in [3.8, 4) is 5.75 Å². The Labute approximate surface area is 211 Å². The number of aryl methyl sites for hydroxylation is 2. The van der Waals surface area contributed by atoms with Crippen LogP contribution in [0.5, 0.6) is 5.75 Å². The fourth-order valence-corrected chi connectivity index (χ4v) is 6.01. The molecule has 3 aromatic rings. The predicted molar refractivity (Wildman–Crippen MR) is 139 cm³/mol. The molecular weight excluding hydrogens is 502 g/mol. The lowest BCUT2D eigenvalue weighted by molar-refractivity contribution is -0.117. The molecule has 1 saturated heterocycles. The molecule has 36 heavy (non-hydrogen) atoms.